The summed E-state index contributed by atoms with van der Waals surface area (Å²) in [6.07, 6.45) is 0.507. The third-order valence-corrected chi connectivity index (χ3v) is 4.37. The molecule has 0 fully saturated rings. The number of benzene rings is 2. The predicted molar refractivity (Wildman–Crippen MR) is 107 cm³/mol. The zero-order valence-corrected chi connectivity index (χ0v) is 16.3. The van der Waals surface area contributed by atoms with Crippen LogP contribution >= 0.6 is 0 Å². The summed E-state index contributed by atoms with van der Waals surface area (Å²) in [6.45, 7) is -0.365. The average molecular weight is 394 g/mol. The summed E-state index contributed by atoms with van der Waals surface area (Å²) in [6, 6.07) is 18.3. The lowest BCUT2D eigenvalue weighted by Gasteiger charge is -2.10. The SMILES string of the molecule is COc1ccc(OC)c(C(=O)COC(=O)CCc2ccc(-c3ccccc3)o2)c1. The molecular formula is C23H22O6. The second-order valence-corrected chi connectivity index (χ2v) is 6.28. The Labute approximate surface area is 169 Å². The van der Waals surface area contributed by atoms with E-state index in [9.17, 15) is 9.59 Å². The molecule has 29 heavy (non-hydrogen) atoms. The number of aryl methyl sites for hydroxylation is 1. The highest BCUT2D eigenvalue weighted by Gasteiger charge is 2.16. The van der Waals surface area contributed by atoms with Gasteiger partial charge in [0, 0.05) is 12.0 Å². The number of carbonyl (C=O) groups excluding carboxylic acids is 2. The summed E-state index contributed by atoms with van der Waals surface area (Å²) in [7, 11) is 2.98. The van der Waals surface area contributed by atoms with Crippen LogP contribution in [0.1, 0.15) is 22.5 Å². The largest absolute Gasteiger partial charge is 0.497 e. The molecule has 0 spiro atoms. The van der Waals surface area contributed by atoms with Crippen molar-refractivity contribution in [2.24, 2.45) is 0 Å². The van der Waals surface area contributed by atoms with Crippen LogP contribution in [-0.2, 0) is 16.0 Å². The van der Waals surface area contributed by atoms with E-state index in [1.54, 1.807) is 18.2 Å². The zero-order valence-electron chi connectivity index (χ0n) is 16.3. The van der Waals surface area contributed by atoms with Gasteiger partial charge < -0.3 is 18.6 Å². The Kier molecular flexibility index (Phi) is 6.68. The van der Waals surface area contributed by atoms with Crippen LogP contribution in [0.4, 0.5) is 0 Å². The molecule has 3 aromatic rings. The molecule has 0 saturated carbocycles. The van der Waals surface area contributed by atoms with Crippen LogP contribution in [0, 0.1) is 0 Å². The first-order chi connectivity index (χ1) is 14.1. The van der Waals surface area contributed by atoms with Gasteiger partial charge in [-0.1, -0.05) is 30.3 Å². The van der Waals surface area contributed by atoms with Gasteiger partial charge in [-0.05, 0) is 30.3 Å². The van der Waals surface area contributed by atoms with Gasteiger partial charge in [0.05, 0.1) is 26.2 Å². The third kappa shape index (κ3) is 5.25. The van der Waals surface area contributed by atoms with Crippen molar-refractivity contribution >= 4 is 11.8 Å². The van der Waals surface area contributed by atoms with Crippen molar-refractivity contribution < 1.29 is 28.2 Å². The molecule has 0 aliphatic carbocycles. The summed E-state index contributed by atoms with van der Waals surface area (Å²) in [4.78, 5) is 24.4. The second-order valence-electron chi connectivity index (χ2n) is 6.28. The van der Waals surface area contributed by atoms with Gasteiger partial charge in [0.25, 0.3) is 0 Å². The lowest BCUT2D eigenvalue weighted by molar-refractivity contribution is -0.142. The summed E-state index contributed by atoms with van der Waals surface area (Å²) >= 11 is 0. The third-order valence-electron chi connectivity index (χ3n) is 4.37. The highest BCUT2D eigenvalue weighted by atomic mass is 16.5. The van der Waals surface area contributed by atoms with E-state index in [1.807, 2.05) is 42.5 Å². The number of rotatable bonds is 9. The molecule has 2 aromatic carbocycles. The molecule has 0 bridgehead atoms. The number of furan rings is 1. The quantitative estimate of drug-likeness (QED) is 0.397. The number of ketones is 1. The van der Waals surface area contributed by atoms with Crippen LogP contribution in [0.2, 0.25) is 0 Å². The molecule has 0 amide bonds. The maximum Gasteiger partial charge on any atom is 0.306 e. The molecule has 1 aromatic heterocycles. The summed E-state index contributed by atoms with van der Waals surface area (Å²) < 4.78 is 21.2. The van der Waals surface area contributed by atoms with Crippen molar-refractivity contribution in [2.45, 2.75) is 12.8 Å². The normalized spacial score (nSPS) is 10.4. The Hall–Kier alpha value is -3.54. The van der Waals surface area contributed by atoms with Crippen molar-refractivity contribution in [3.05, 3.63) is 72.0 Å². The van der Waals surface area contributed by atoms with Gasteiger partial charge in [-0.2, -0.15) is 0 Å². The molecule has 0 aliphatic heterocycles. The number of carbonyl (C=O) groups is 2. The number of hydrogen-bond donors (Lipinski definition) is 0. The lowest BCUT2D eigenvalue weighted by atomic mass is 10.1. The minimum Gasteiger partial charge on any atom is -0.497 e. The first kappa shape index (κ1) is 20.2. The van der Waals surface area contributed by atoms with E-state index in [0.29, 0.717) is 29.2 Å². The molecular weight excluding hydrogens is 372 g/mol. The summed E-state index contributed by atoms with van der Waals surface area (Å²) in [5, 5.41) is 0. The van der Waals surface area contributed by atoms with Gasteiger partial charge >= 0.3 is 5.97 Å². The van der Waals surface area contributed by atoms with Gasteiger partial charge in [-0.15, -0.1) is 0 Å². The standard InChI is InChI=1S/C23H22O6/c1-26-18-9-12-22(27-2)19(14-18)20(24)15-28-23(25)13-10-17-8-11-21(29-17)16-6-4-3-5-7-16/h3-9,11-12,14H,10,13,15H2,1-2H3. The van der Waals surface area contributed by atoms with Crippen LogP contribution in [0.15, 0.2) is 65.1 Å². The minimum atomic E-state index is -0.474. The van der Waals surface area contributed by atoms with E-state index < -0.39 is 5.97 Å². The number of methoxy groups -OCH3 is 2. The zero-order chi connectivity index (χ0) is 20.6. The van der Waals surface area contributed by atoms with Gasteiger partial charge in [0.15, 0.2) is 6.61 Å². The molecule has 3 rings (SSSR count). The Morgan fingerprint density at radius 2 is 1.72 bits per heavy atom. The fraction of sp³-hybridized carbons (Fsp3) is 0.217. The molecule has 0 unspecified atom stereocenters. The van der Waals surface area contributed by atoms with Crippen molar-refractivity contribution in [1.29, 1.82) is 0 Å². The average Bonchev–Trinajstić information content (AvgIpc) is 3.25. The second kappa shape index (κ2) is 9.59. The first-order valence-electron chi connectivity index (χ1n) is 9.15. The number of ether oxygens (including phenoxy) is 3. The summed E-state index contributed by atoms with van der Waals surface area (Å²) in [5.41, 5.74) is 1.28. The Morgan fingerprint density at radius 3 is 2.45 bits per heavy atom. The fourth-order valence-electron chi connectivity index (χ4n) is 2.82. The van der Waals surface area contributed by atoms with E-state index >= 15 is 0 Å². The highest BCUT2D eigenvalue weighted by Crippen LogP contribution is 2.25. The monoisotopic (exact) mass is 394 g/mol. The van der Waals surface area contributed by atoms with Crippen molar-refractivity contribution in [1.82, 2.24) is 0 Å². The van der Waals surface area contributed by atoms with E-state index in [0.717, 1.165) is 11.3 Å². The van der Waals surface area contributed by atoms with Crippen LogP contribution in [-0.4, -0.2) is 32.6 Å². The van der Waals surface area contributed by atoms with Gasteiger partial charge in [-0.3, -0.25) is 9.59 Å². The lowest BCUT2D eigenvalue weighted by Crippen LogP contribution is -2.15. The molecule has 0 N–H and O–H groups in total. The molecule has 0 radical (unpaired) electrons. The number of hydrogen-bond acceptors (Lipinski definition) is 6. The van der Waals surface area contributed by atoms with Gasteiger partial charge in [0.1, 0.15) is 23.0 Å². The highest BCUT2D eigenvalue weighted by molar-refractivity contribution is 6.00. The summed E-state index contributed by atoms with van der Waals surface area (Å²) in [5.74, 6) is 1.51. The molecule has 6 heteroatoms. The maximum atomic E-state index is 12.4. The Bertz CT molecular complexity index is 974. The first-order valence-corrected chi connectivity index (χ1v) is 9.15. The van der Waals surface area contributed by atoms with Crippen molar-refractivity contribution in [3.8, 4) is 22.8 Å². The maximum absolute atomic E-state index is 12.4. The molecule has 1 heterocycles. The number of esters is 1. The Morgan fingerprint density at radius 1 is 0.931 bits per heavy atom. The van der Waals surface area contributed by atoms with Crippen LogP contribution < -0.4 is 9.47 Å². The Balaban J connectivity index is 1.52. The van der Waals surface area contributed by atoms with E-state index in [2.05, 4.69) is 0 Å². The van der Waals surface area contributed by atoms with Gasteiger partial charge in [-0.25, -0.2) is 0 Å². The smallest absolute Gasteiger partial charge is 0.306 e. The van der Waals surface area contributed by atoms with Gasteiger partial charge in [0.2, 0.25) is 5.78 Å². The molecule has 0 atom stereocenters. The van der Waals surface area contributed by atoms with Crippen LogP contribution in [0.3, 0.4) is 0 Å². The van der Waals surface area contributed by atoms with E-state index in [-0.39, 0.29) is 18.8 Å². The number of Topliss-reactive ketones (excluding diaryl/α,β-unsaturated/α-hetero) is 1. The molecule has 0 saturated heterocycles. The molecule has 150 valence electrons. The molecule has 6 nitrogen and oxygen atoms in total. The van der Waals surface area contributed by atoms with E-state index in [1.165, 1.54) is 14.2 Å². The van der Waals surface area contributed by atoms with Crippen LogP contribution in [0.25, 0.3) is 11.3 Å². The molecule has 0 aliphatic rings. The fourth-order valence-corrected chi connectivity index (χ4v) is 2.82. The topological polar surface area (TPSA) is 75.0 Å². The predicted octanol–water partition coefficient (Wildman–Crippen LogP) is 4.32. The van der Waals surface area contributed by atoms with Crippen molar-refractivity contribution in [3.63, 3.8) is 0 Å². The van der Waals surface area contributed by atoms with Crippen LogP contribution in [0.5, 0.6) is 11.5 Å². The minimum absolute atomic E-state index is 0.115. The van der Waals surface area contributed by atoms with Crippen molar-refractivity contribution in [2.75, 3.05) is 20.8 Å². The van der Waals surface area contributed by atoms with E-state index in [4.69, 9.17) is 18.6 Å².